The number of aromatic nitrogens is 6. The van der Waals surface area contributed by atoms with Gasteiger partial charge in [-0.05, 0) is 57.2 Å². The van der Waals surface area contributed by atoms with Gasteiger partial charge in [-0.3, -0.25) is 19.7 Å². The Kier molecular flexibility index (Phi) is 6.48. The Bertz CT molecular complexity index is 1730. The minimum absolute atomic E-state index is 0.102. The van der Waals surface area contributed by atoms with Crippen LogP contribution in [0.5, 0.6) is 0 Å². The number of imidazole rings is 1. The first-order chi connectivity index (χ1) is 19.3. The van der Waals surface area contributed by atoms with Crippen LogP contribution in [0.3, 0.4) is 0 Å². The molecule has 0 bridgehead atoms. The molecule has 40 heavy (non-hydrogen) atoms. The Morgan fingerprint density at radius 1 is 1.07 bits per heavy atom. The number of hydrogen-bond acceptors (Lipinski definition) is 8. The largest absolute Gasteiger partial charge is 0.345 e. The lowest BCUT2D eigenvalue weighted by molar-refractivity contribution is -0.123. The zero-order valence-corrected chi connectivity index (χ0v) is 22.5. The van der Waals surface area contributed by atoms with Crippen LogP contribution in [0, 0.1) is 5.92 Å². The molecule has 0 radical (unpaired) electrons. The number of aromatic amines is 2. The summed E-state index contributed by atoms with van der Waals surface area (Å²) < 4.78 is 0. The number of rotatable bonds is 5. The number of piperidine rings is 1. The molecule has 0 spiro atoms. The number of H-pyrrole nitrogens is 2. The molecule has 4 N–H and O–H groups in total. The van der Waals surface area contributed by atoms with E-state index < -0.39 is 0 Å². The molecule has 12 heteroatoms. The van der Waals surface area contributed by atoms with Crippen LogP contribution in [0.15, 0.2) is 48.9 Å². The third kappa shape index (κ3) is 4.56. The van der Waals surface area contributed by atoms with Gasteiger partial charge in [-0.2, -0.15) is 5.10 Å². The third-order valence-corrected chi connectivity index (χ3v) is 7.43. The number of carbonyl (C=O) groups excluding carboxylic acids is 2. The fourth-order valence-electron chi connectivity index (χ4n) is 5.10. The van der Waals surface area contributed by atoms with Gasteiger partial charge in [-0.25, -0.2) is 20.8 Å². The lowest BCUT2D eigenvalue weighted by Crippen LogP contribution is -2.45. The van der Waals surface area contributed by atoms with Crippen molar-refractivity contribution in [1.29, 1.82) is 0 Å². The van der Waals surface area contributed by atoms with Crippen LogP contribution in [-0.2, 0) is 4.79 Å². The van der Waals surface area contributed by atoms with Gasteiger partial charge in [0.15, 0.2) is 11.5 Å². The van der Waals surface area contributed by atoms with Crippen molar-refractivity contribution < 1.29 is 9.59 Å². The van der Waals surface area contributed by atoms with E-state index in [2.05, 4.69) is 37.1 Å². The van der Waals surface area contributed by atoms with Gasteiger partial charge in [-0.15, -0.1) is 0 Å². The van der Waals surface area contributed by atoms with Crippen molar-refractivity contribution in [2.45, 2.75) is 12.8 Å². The number of nitrogens with two attached hydrogens (primary N) is 1. The smallest absolute Gasteiger partial charge is 0.255 e. The number of anilines is 1. The van der Waals surface area contributed by atoms with Gasteiger partial charge in [0, 0.05) is 43.5 Å². The van der Waals surface area contributed by atoms with Crippen LogP contribution in [0.2, 0.25) is 0 Å². The Balaban J connectivity index is 1.33. The molecule has 5 heterocycles. The van der Waals surface area contributed by atoms with E-state index in [-0.39, 0.29) is 17.7 Å². The number of para-hydroxylation sites is 1. The molecule has 0 aliphatic carbocycles. The van der Waals surface area contributed by atoms with Crippen LogP contribution in [0.1, 0.15) is 23.2 Å². The highest BCUT2D eigenvalue weighted by Gasteiger charge is 2.27. The molecule has 2 amide bonds. The van der Waals surface area contributed by atoms with Crippen molar-refractivity contribution in [2.75, 3.05) is 39.2 Å². The maximum Gasteiger partial charge on any atom is 0.255 e. The highest BCUT2D eigenvalue weighted by molar-refractivity contribution is 6.05. The number of nitrogens with one attached hydrogen (secondary N) is 2. The summed E-state index contributed by atoms with van der Waals surface area (Å²) in [6, 6.07) is 9.24. The highest BCUT2D eigenvalue weighted by Crippen LogP contribution is 2.31. The fourth-order valence-corrected chi connectivity index (χ4v) is 5.10. The second-order valence-corrected chi connectivity index (χ2v) is 10.4. The number of hydrazine groups is 1. The molecule has 5 aromatic rings. The van der Waals surface area contributed by atoms with Crippen molar-refractivity contribution in [3.8, 4) is 22.6 Å². The molecule has 1 saturated heterocycles. The summed E-state index contributed by atoms with van der Waals surface area (Å²) in [5, 5.41) is 9.38. The summed E-state index contributed by atoms with van der Waals surface area (Å²) in [7, 11) is 5.48. The number of nitrogens with zero attached hydrogens (tertiary/aromatic N) is 7. The molecular formula is C28H30N10O2. The molecule has 1 fully saturated rings. The molecule has 204 valence electrons. The lowest BCUT2D eigenvalue weighted by Gasteiger charge is -2.30. The second-order valence-electron chi connectivity index (χ2n) is 10.4. The topological polar surface area (TPSA) is 153 Å². The fraction of sp³-hybridized carbons (Fsp3) is 0.286. The summed E-state index contributed by atoms with van der Waals surface area (Å²) >= 11 is 0. The van der Waals surface area contributed by atoms with Crippen LogP contribution in [-0.4, -0.2) is 86.0 Å². The minimum Gasteiger partial charge on any atom is -0.345 e. The summed E-state index contributed by atoms with van der Waals surface area (Å²) in [5.74, 6) is 6.46. The van der Waals surface area contributed by atoms with Crippen LogP contribution in [0.4, 0.5) is 5.69 Å². The summed E-state index contributed by atoms with van der Waals surface area (Å²) in [4.78, 5) is 46.4. The molecule has 12 nitrogen and oxygen atoms in total. The Labute approximate surface area is 230 Å². The maximum absolute atomic E-state index is 13.1. The molecule has 0 unspecified atom stereocenters. The normalized spacial score (nSPS) is 14.6. The molecule has 1 aliphatic rings. The molecule has 1 aromatic carbocycles. The first-order valence-electron chi connectivity index (χ1n) is 13.1. The third-order valence-electron chi connectivity index (χ3n) is 7.43. The Hall–Kier alpha value is -4.68. The van der Waals surface area contributed by atoms with Crippen molar-refractivity contribution in [3.05, 3.63) is 54.5 Å². The number of amides is 2. The van der Waals surface area contributed by atoms with Crippen LogP contribution in [0.25, 0.3) is 44.7 Å². The van der Waals surface area contributed by atoms with Gasteiger partial charge in [0.2, 0.25) is 5.91 Å². The van der Waals surface area contributed by atoms with Crippen molar-refractivity contribution >= 4 is 39.6 Å². The van der Waals surface area contributed by atoms with Gasteiger partial charge in [-0.1, -0.05) is 6.07 Å². The minimum atomic E-state index is -0.130. The Morgan fingerprint density at radius 3 is 2.62 bits per heavy atom. The Morgan fingerprint density at radius 2 is 1.85 bits per heavy atom. The van der Waals surface area contributed by atoms with E-state index in [9.17, 15) is 9.59 Å². The first kappa shape index (κ1) is 25.6. The molecule has 0 saturated carbocycles. The summed E-state index contributed by atoms with van der Waals surface area (Å²) in [5.41, 5.74) is 5.04. The number of benzene rings is 1. The van der Waals surface area contributed by atoms with Crippen molar-refractivity contribution in [3.63, 3.8) is 0 Å². The highest BCUT2D eigenvalue weighted by atomic mass is 16.2. The van der Waals surface area contributed by atoms with E-state index in [4.69, 9.17) is 10.8 Å². The zero-order valence-electron chi connectivity index (χ0n) is 22.5. The zero-order chi connectivity index (χ0) is 28.0. The number of fused-ring (bicyclic) bond motifs is 2. The number of pyridine rings is 2. The quantitative estimate of drug-likeness (QED) is 0.175. The van der Waals surface area contributed by atoms with E-state index in [1.165, 1.54) is 9.91 Å². The second kappa shape index (κ2) is 10.1. The lowest BCUT2D eigenvalue weighted by atomic mass is 9.96. The molecule has 4 aromatic heterocycles. The monoisotopic (exact) mass is 538 g/mol. The van der Waals surface area contributed by atoms with E-state index in [1.807, 2.05) is 24.3 Å². The van der Waals surface area contributed by atoms with Crippen molar-refractivity contribution in [1.82, 2.24) is 39.9 Å². The average Bonchev–Trinajstić information content (AvgIpc) is 3.60. The first-order valence-corrected chi connectivity index (χ1v) is 13.1. The SMILES string of the molecule is CN1CCC(C(=O)N(N)c2cncc(-c3cnc4[nH]nc(-c5nc6c(C(=O)N(C)C)cccc6[nH]5)c4c3)c2)CC1. The number of likely N-dealkylation sites (tertiary alicyclic amines) is 1. The van der Waals surface area contributed by atoms with Gasteiger partial charge >= 0.3 is 0 Å². The number of hydrogen-bond donors (Lipinski definition) is 3. The van der Waals surface area contributed by atoms with Gasteiger partial charge in [0.05, 0.1) is 28.4 Å². The summed E-state index contributed by atoms with van der Waals surface area (Å²) in [6.07, 6.45) is 6.59. The molecule has 1 aliphatic heterocycles. The number of carbonyl (C=O) groups is 2. The van der Waals surface area contributed by atoms with E-state index in [0.717, 1.165) is 48.0 Å². The van der Waals surface area contributed by atoms with E-state index in [1.54, 1.807) is 38.8 Å². The average molecular weight is 539 g/mol. The molecule has 0 atom stereocenters. The molecule has 6 rings (SSSR count). The van der Waals surface area contributed by atoms with Gasteiger partial charge in [0.25, 0.3) is 5.91 Å². The standard InChI is InChI=1S/C28H30N10O2/c1-36(2)28(40)20-5-4-6-22-23(20)33-26(32-22)24-21-12-18(14-31-25(21)35-34-24)17-11-19(15-30-13-17)38(29)27(39)16-7-9-37(3)10-8-16/h4-6,11-16H,7-10,29H2,1-3H3,(H,32,33)(H,31,34,35). The van der Waals surface area contributed by atoms with Gasteiger partial charge in [0.1, 0.15) is 11.2 Å². The molecular weight excluding hydrogens is 508 g/mol. The van der Waals surface area contributed by atoms with E-state index >= 15 is 0 Å². The van der Waals surface area contributed by atoms with E-state index in [0.29, 0.717) is 33.9 Å². The predicted molar refractivity (Wildman–Crippen MR) is 152 cm³/mol. The maximum atomic E-state index is 13.1. The van der Waals surface area contributed by atoms with Crippen molar-refractivity contribution in [2.24, 2.45) is 11.8 Å². The summed E-state index contributed by atoms with van der Waals surface area (Å²) in [6.45, 7) is 1.75. The predicted octanol–water partition coefficient (Wildman–Crippen LogP) is 2.81. The van der Waals surface area contributed by atoms with Crippen LogP contribution >= 0.6 is 0 Å². The van der Waals surface area contributed by atoms with Gasteiger partial charge < -0.3 is 14.8 Å². The van der Waals surface area contributed by atoms with Crippen LogP contribution < -0.4 is 10.9 Å².